The Morgan fingerprint density at radius 2 is 1.68 bits per heavy atom. The van der Waals surface area contributed by atoms with Gasteiger partial charge in [0.15, 0.2) is 0 Å². The van der Waals surface area contributed by atoms with E-state index in [0.717, 1.165) is 37.1 Å². The number of halogens is 2. The summed E-state index contributed by atoms with van der Waals surface area (Å²) in [5.74, 6) is 1.42. The lowest BCUT2D eigenvalue weighted by atomic mass is 9.91. The molecule has 1 fully saturated rings. The maximum absolute atomic E-state index is 12.5. The largest absolute Gasteiger partial charge is 0.362 e. The second-order valence-electron chi connectivity index (χ2n) is 7.42. The SMILES string of the molecule is Cc1cnc(NC2CCC(NC(=O)c3cc(Cl)cc(Cl)c3)CC2)nc1N(C)C. The first-order chi connectivity index (χ1) is 13.3. The van der Waals surface area contributed by atoms with Crippen molar-refractivity contribution in [2.75, 3.05) is 24.3 Å². The molecule has 0 radical (unpaired) electrons. The van der Waals surface area contributed by atoms with E-state index in [2.05, 4.69) is 20.6 Å². The molecule has 1 aromatic heterocycles. The van der Waals surface area contributed by atoms with Crippen molar-refractivity contribution in [1.82, 2.24) is 15.3 Å². The van der Waals surface area contributed by atoms with Crippen molar-refractivity contribution in [2.24, 2.45) is 0 Å². The van der Waals surface area contributed by atoms with Crippen molar-refractivity contribution < 1.29 is 4.79 Å². The molecule has 3 rings (SSSR count). The van der Waals surface area contributed by atoms with Crippen LogP contribution in [0.4, 0.5) is 11.8 Å². The Morgan fingerprint density at radius 3 is 2.29 bits per heavy atom. The standard InChI is InChI=1S/C20H25Cl2N5O/c1-12-11-23-20(26-18(12)27(2)3)25-17-6-4-16(5-7-17)24-19(28)13-8-14(21)10-15(22)9-13/h8-11,16-17H,4-7H2,1-3H3,(H,24,28)(H,23,25,26). The molecule has 0 bridgehead atoms. The van der Waals surface area contributed by atoms with E-state index >= 15 is 0 Å². The molecule has 1 aliphatic rings. The van der Waals surface area contributed by atoms with Gasteiger partial charge in [0, 0.05) is 53.5 Å². The number of hydrogen-bond donors (Lipinski definition) is 2. The lowest BCUT2D eigenvalue weighted by molar-refractivity contribution is 0.0926. The molecule has 28 heavy (non-hydrogen) atoms. The van der Waals surface area contributed by atoms with Gasteiger partial charge in [0.05, 0.1) is 0 Å². The second kappa shape index (κ2) is 8.97. The summed E-state index contributed by atoms with van der Waals surface area (Å²) in [4.78, 5) is 23.4. The number of nitrogens with one attached hydrogen (secondary N) is 2. The number of benzene rings is 1. The number of carbonyl (C=O) groups is 1. The summed E-state index contributed by atoms with van der Waals surface area (Å²) in [6.07, 6.45) is 5.51. The van der Waals surface area contributed by atoms with Crippen LogP contribution < -0.4 is 15.5 Å². The van der Waals surface area contributed by atoms with Crippen LogP contribution in [0.3, 0.4) is 0 Å². The summed E-state index contributed by atoms with van der Waals surface area (Å²) < 4.78 is 0. The summed E-state index contributed by atoms with van der Waals surface area (Å²) in [6, 6.07) is 5.32. The van der Waals surface area contributed by atoms with Crippen molar-refractivity contribution in [1.29, 1.82) is 0 Å². The minimum Gasteiger partial charge on any atom is -0.362 e. The minimum atomic E-state index is -0.140. The Bertz CT molecular complexity index is 830. The van der Waals surface area contributed by atoms with Crippen LogP contribution in [0.2, 0.25) is 10.0 Å². The van der Waals surface area contributed by atoms with Crippen LogP contribution >= 0.6 is 23.2 Å². The maximum Gasteiger partial charge on any atom is 0.251 e. The quantitative estimate of drug-likeness (QED) is 0.752. The molecule has 0 aliphatic heterocycles. The molecule has 1 heterocycles. The summed E-state index contributed by atoms with van der Waals surface area (Å²) >= 11 is 12.0. The van der Waals surface area contributed by atoms with E-state index in [1.165, 1.54) is 0 Å². The lowest BCUT2D eigenvalue weighted by Gasteiger charge is -2.30. The normalized spacial score (nSPS) is 19.2. The zero-order chi connectivity index (χ0) is 20.3. The number of rotatable bonds is 5. The Hall–Kier alpha value is -2.05. The highest BCUT2D eigenvalue weighted by atomic mass is 35.5. The van der Waals surface area contributed by atoms with Crippen LogP contribution in [-0.4, -0.2) is 42.1 Å². The van der Waals surface area contributed by atoms with Gasteiger partial charge in [-0.05, 0) is 50.8 Å². The van der Waals surface area contributed by atoms with E-state index in [1.54, 1.807) is 18.2 Å². The topological polar surface area (TPSA) is 70.1 Å². The molecule has 0 unspecified atom stereocenters. The van der Waals surface area contributed by atoms with E-state index < -0.39 is 0 Å². The zero-order valence-electron chi connectivity index (χ0n) is 16.3. The smallest absolute Gasteiger partial charge is 0.251 e. The van der Waals surface area contributed by atoms with Crippen LogP contribution in [0.5, 0.6) is 0 Å². The number of hydrogen-bond acceptors (Lipinski definition) is 5. The van der Waals surface area contributed by atoms with Crippen LogP contribution in [0.1, 0.15) is 41.6 Å². The monoisotopic (exact) mass is 421 g/mol. The third-order valence-electron chi connectivity index (χ3n) is 4.89. The fraction of sp³-hybridized carbons (Fsp3) is 0.450. The number of nitrogens with zero attached hydrogens (tertiary/aromatic N) is 3. The van der Waals surface area contributed by atoms with E-state index in [-0.39, 0.29) is 11.9 Å². The maximum atomic E-state index is 12.5. The molecule has 1 aliphatic carbocycles. The molecular formula is C20H25Cl2N5O. The number of carbonyl (C=O) groups excluding carboxylic acids is 1. The van der Waals surface area contributed by atoms with Gasteiger partial charge >= 0.3 is 0 Å². The van der Waals surface area contributed by atoms with Gasteiger partial charge in [-0.15, -0.1) is 0 Å². The van der Waals surface area contributed by atoms with Crippen molar-refractivity contribution in [3.63, 3.8) is 0 Å². The molecule has 1 amide bonds. The second-order valence-corrected chi connectivity index (χ2v) is 8.29. The summed E-state index contributed by atoms with van der Waals surface area (Å²) in [6.45, 7) is 2.00. The van der Waals surface area contributed by atoms with Gasteiger partial charge in [-0.25, -0.2) is 4.98 Å². The third-order valence-corrected chi connectivity index (χ3v) is 5.33. The van der Waals surface area contributed by atoms with E-state index in [9.17, 15) is 4.79 Å². The molecule has 2 N–H and O–H groups in total. The van der Waals surface area contributed by atoms with Gasteiger partial charge in [-0.1, -0.05) is 23.2 Å². The number of amides is 1. The first kappa shape index (κ1) is 20.7. The van der Waals surface area contributed by atoms with Gasteiger partial charge < -0.3 is 15.5 Å². The Kier molecular flexibility index (Phi) is 6.62. The molecule has 6 nitrogen and oxygen atoms in total. The number of aromatic nitrogens is 2. The molecule has 1 saturated carbocycles. The van der Waals surface area contributed by atoms with Gasteiger partial charge in [-0.3, -0.25) is 4.79 Å². The number of aryl methyl sites for hydroxylation is 1. The highest BCUT2D eigenvalue weighted by molar-refractivity contribution is 6.35. The first-order valence-corrected chi connectivity index (χ1v) is 10.1. The molecule has 8 heteroatoms. The molecular weight excluding hydrogens is 397 g/mol. The van der Waals surface area contributed by atoms with E-state index in [1.807, 2.05) is 32.1 Å². The van der Waals surface area contributed by atoms with Gasteiger partial charge in [0.25, 0.3) is 5.91 Å². The highest BCUT2D eigenvalue weighted by Crippen LogP contribution is 2.24. The molecule has 150 valence electrons. The van der Waals surface area contributed by atoms with E-state index in [4.69, 9.17) is 23.2 Å². The molecule has 0 atom stereocenters. The summed E-state index contributed by atoms with van der Waals surface area (Å²) in [7, 11) is 3.94. The molecule has 1 aromatic carbocycles. The van der Waals surface area contributed by atoms with Crippen LogP contribution in [0.25, 0.3) is 0 Å². The fourth-order valence-electron chi connectivity index (χ4n) is 3.47. The lowest BCUT2D eigenvalue weighted by Crippen LogP contribution is -2.40. The van der Waals surface area contributed by atoms with Crippen molar-refractivity contribution in [2.45, 2.75) is 44.7 Å². The minimum absolute atomic E-state index is 0.138. The Labute approximate surface area is 175 Å². The molecule has 0 spiro atoms. The fourth-order valence-corrected chi connectivity index (χ4v) is 4.00. The van der Waals surface area contributed by atoms with Crippen LogP contribution in [0.15, 0.2) is 24.4 Å². The van der Waals surface area contributed by atoms with E-state index in [0.29, 0.717) is 27.6 Å². The molecule has 0 saturated heterocycles. The van der Waals surface area contributed by atoms with Crippen LogP contribution in [-0.2, 0) is 0 Å². The zero-order valence-corrected chi connectivity index (χ0v) is 17.8. The molecule has 2 aromatic rings. The van der Waals surface area contributed by atoms with Gasteiger partial charge in [-0.2, -0.15) is 4.98 Å². The Balaban J connectivity index is 1.53. The predicted octanol–water partition coefficient (Wildman–Crippen LogP) is 4.31. The Morgan fingerprint density at radius 1 is 1.07 bits per heavy atom. The average Bonchev–Trinajstić information content (AvgIpc) is 2.64. The van der Waals surface area contributed by atoms with Gasteiger partial charge in [0.2, 0.25) is 5.95 Å². The first-order valence-electron chi connectivity index (χ1n) is 9.36. The van der Waals surface area contributed by atoms with Crippen molar-refractivity contribution >= 4 is 40.9 Å². The van der Waals surface area contributed by atoms with Crippen molar-refractivity contribution in [3.8, 4) is 0 Å². The highest BCUT2D eigenvalue weighted by Gasteiger charge is 2.23. The van der Waals surface area contributed by atoms with Gasteiger partial charge in [0.1, 0.15) is 5.82 Å². The number of anilines is 2. The third kappa shape index (κ3) is 5.26. The predicted molar refractivity (Wildman–Crippen MR) is 115 cm³/mol. The van der Waals surface area contributed by atoms with Crippen LogP contribution in [0, 0.1) is 6.92 Å². The average molecular weight is 422 g/mol. The summed E-state index contributed by atoms with van der Waals surface area (Å²) in [5, 5.41) is 7.43. The summed E-state index contributed by atoms with van der Waals surface area (Å²) in [5.41, 5.74) is 1.53. The van der Waals surface area contributed by atoms with Crippen molar-refractivity contribution in [3.05, 3.63) is 45.6 Å².